The van der Waals surface area contributed by atoms with Crippen LogP contribution in [0.15, 0.2) is 46.5 Å². The first-order valence-electron chi connectivity index (χ1n) is 10.0. The molecule has 4 rings (SSSR count). The van der Waals surface area contributed by atoms with Crippen LogP contribution in [0.1, 0.15) is 5.69 Å². The number of hydrogen-bond donors (Lipinski definition) is 0. The van der Waals surface area contributed by atoms with Gasteiger partial charge in [0.05, 0.1) is 30.4 Å². The molecule has 1 aliphatic heterocycles. The standard InChI is InChI=1S/C21H26N6O3/c1-24-6-5-22-19(21(24)29)14-25-7-9-26(10-8-25)16-3-4-17-18(13-16)23-15-27(20(17)28)11-12-30-2/h3-6,13,15H,7-12,14H2,1-2H3. The molecule has 0 saturated carbocycles. The molecule has 0 unspecified atom stereocenters. The van der Waals surface area contributed by atoms with Gasteiger partial charge in [-0.3, -0.25) is 24.0 Å². The Kier molecular flexibility index (Phi) is 5.91. The first kappa shape index (κ1) is 20.2. The molecule has 0 amide bonds. The molecule has 3 aromatic rings. The van der Waals surface area contributed by atoms with Crippen molar-refractivity contribution in [3.8, 4) is 0 Å². The maximum atomic E-state index is 12.6. The first-order valence-corrected chi connectivity index (χ1v) is 10.0. The zero-order chi connectivity index (χ0) is 21.1. The SMILES string of the molecule is COCCn1cnc2cc(N3CCN(Cc4nccn(C)c4=O)CC3)ccc2c1=O. The molecule has 0 atom stereocenters. The summed E-state index contributed by atoms with van der Waals surface area (Å²) >= 11 is 0. The highest BCUT2D eigenvalue weighted by Crippen LogP contribution is 2.20. The fourth-order valence-corrected chi connectivity index (χ4v) is 3.73. The molecule has 1 aromatic carbocycles. The van der Waals surface area contributed by atoms with Gasteiger partial charge in [0.15, 0.2) is 0 Å². The molecule has 3 heterocycles. The van der Waals surface area contributed by atoms with E-state index in [1.165, 1.54) is 0 Å². The molecule has 1 aliphatic rings. The van der Waals surface area contributed by atoms with Gasteiger partial charge >= 0.3 is 0 Å². The number of aryl methyl sites for hydroxylation is 1. The maximum Gasteiger partial charge on any atom is 0.273 e. The van der Waals surface area contributed by atoms with Gasteiger partial charge in [-0.15, -0.1) is 0 Å². The normalized spacial score (nSPS) is 15.1. The van der Waals surface area contributed by atoms with E-state index in [0.717, 1.165) is 31.9 Å². The van der Waals surface area contributed by atoms with Crippen molar-refractivity contribution in [1.82, 2.24) is 24.0 Å². The van der Waals surface area contributed by atoms with Gasteiger partial charge in [-0.25, -0.2) is 4.98 Å². The van der Waals surface area contributed by atoms with Gasteiger partial charge < -0.3 is 14.2 Å². The third-order valence-corrected chi connectivity index (χ3v) is 5.54. The number of benzene rings is 1. The summed E-state index contributed by atoms with van der Waals surface area (Å²) in [7, 11) is 3.35. The van der Waals surface area contributed by atoms with Crippen LogP contribution in [-0.4, -0.2) is 63.9 Å². The van der Waals surface area contributed by atoms with Crippen LogP contribution < -0.4 is 16.0 Å². The summed E-state index contributed by atoms with van der Waals surface area (Å²) in [5.74, 6) is 0. The Morgan fingerprint density at radius 1 is 1.07 bits per heavy atom. The number of piperazine rings is 1. The van der Waals surface area contributed by atoms with Crippen LogP contribution in [0.25, 0.3) is 10.9 Å². The summed E-state index contributed by atoms with van der Waals surface area (Å²) in [4.78, 5) is 38.0. The quantitative estimate of drug-likeness (QED) is 0.584. The van der Waals surface area contributed by atoms with E-state index in [1.807, 2.05) is 18.2 Å². The van der Waals surface area contributed by atoms with E-state index in [4.69, 9.17) is 4.74 Å². The molecule has 0 radical (unpaired) electrons. The predicted molar refractivity (Wildman–Crippen MR) is 115 cm³/mol. The van der Waals surface area contributed by atoms with E-state index in [-0.39, 0.29) is 11.1 Å². The van der Waals surface area contributed by atoms with Gasteiger partial charge in [0.1, 0.15) is 5.69 Å². The molecule has 9 heteroatoms. The number of fused-ring (bicyclic) bond motifs is 1. The van der Waals surface area contributed by atoms with Crippen molar-refractivity contribution >= 4 is 16.6 Å². The number of aromatic nitrogens is 4. The van der Waals surface area contributed by atoms with Gasteiger partial charge in [-0.05, 0) is 18.2 Å². The zero-order valence-corrected chi connectivity index (χ0v) is 17.3. The lowest BCUT2D eigenvalue weighted by Crippen LogP contribution is -2.46. The monoisotopic (exact) mass is 410 g/mol. The summed E-state index contributed by atoms with van der Waals surface area (Å²) in [6, 6.07) is 5.81. The fourth-order valence-electron chi connectivity index (χ4n) is 3.73. The van der Waals surface area contributed by atoms with Crippen LogP contribution in [0.3, 0.4) is 0 Å². The summed E-state index contributed by atoms with van der Waals surface area (Å²) in [5, 5.41) is 0.613. The minimum atomic E-state index is -0.0506. The molecular formula is C21H26N6O3. The van der Waals surface area contributed by atoms with E-state index in [2.05, 4.69) is 19.8 Å². The van der Waals surface area contributed by atoms with E-state index >= 15 is 0 Å². The smallest absolute Gasteiger partial charge is 0.273 e. The van der Waals surface area contributed by atoms with Crippen LogP contribution in [0.4, 0.5) is 5.69 Å². The Morgan fingerprint density at radius 3 is 2.63 bits per heavy atom. The summed E-state index contributed by atoms with van der Waals surface area (Å²) in [5.41, 5.74) is 2.23. The van der Waals surface area contributed by atoms with Crippen molar-refractivity contribution in [2.24, 2.45) is 7.05 Å². The van der Waals surface area contributed by atoms with Crippen molar-refractivity contribution in [2.45, 2.75) is 13.1 Å². The van der Waals surface area contributed by atoms with Crippen molar-refractivity contribution in [2.75, 3.05) is 44.8 Å². The van der Waals surface area contributed by atoms with Gasteiger partial charge in [0.2, 0.25) is 0 Å². The second-order valence-electron chi connectivity index (χ2n) is 7.49. The highest BCUT2D eigenvalue weighted by molar-refractivity contribution is 5.81. The Labute approximate surface area is 174 Å². The molecule has 1 saturated heterocycles. The molecule has 0 bridgehead atoms. The second kappa shape index (κ2) is 8.76. The van der Waals surface area contributed by atoms with Crippen LogP contribution >= 0.6 is 0 Å². The Hall–Kier alpha value is -3.04. The second-order valence-corrected chi connectivity index (χ2v) is 7.49. The van der Waals surface area contributed by atoms with Gasteiger partial charge in [-0.1, -0.05) is 0 Å². The van der Waals surface area contributed by atoms with Crippen molar-refractivity contribution in [3.63, 3.8) is 0 Å². The van der Waals surface area contributed by atoms with Gasteiger partial charge in [0, 0.05) is 65.0 Å². The summed E-state index contributed by atoms with van der Waals surface area (Å²) in [6.45, 7) is 4.86. The maximum absolute atomic E-state index is 12.6. The number of anilines is 1. The first-order chi connectivity index (χ1) is 14.6. The largest absolute Gasteiger partial charge is 0.383 e. The molecule has 158 valence electrons. The van der Waals surface area contributed by atoms with Crippen LogP contribution in [0.2, 0.25) is 0 Å². The van der Waals surface area contributed by atoms with Crippen LogP contribution in [0, 0.1) is 0 Å². The molecule has 30 heavy (non-hydrogen) atoms. The molecule has 9 nitrogen and oxygen atoms in total. The van der Waals surface area contributed by atoms with Crippen LogP contribution in [-0.2, 0) is 24.9 Å². The Morgan fingerprint density at radius 2 is 1.87 bits per heavy atom. The average molecular weight is 410 g/mol. The lowest BCUT2D eigenvalue weighted by atomic mass is 10.2. The predicted octanol–water partition coefficient (Wildman–Crippen LogP) is 0.459. The lowest BCUT2D eigenvalue weighted by Gasteiger charge is -2.35. The third kappa shape index (κ3) is 4.12. The Balaban J connectivity index is 1.45. The molecule has 0 aliphatic carbocycles. The highest BCUT2D eigenvalue weighted by atomic mass is 16.5. The van der Waals surface area contributed by atoms with Crippen LogP contribution in [0.5, 0.6) is 0 Å². The fraction of sp³-hybridized carbons (Fsp3) is 0.429. The lowest BCUT2D eigenvalue weighted by molar-refractivity contribution is 0.186. The average Bonchev–Trinajstić information content (AvgIpc) is 2.77. The van der Waals surface area contributed by atoms with Crippen molar-refractivity contribution in [1.29, 1.82) is 0 Å². The van der Waals surface area contributed by atoms with E-state index in [0.29, 0.717) is 36.3 Å². The number of nitrogens with zero attached hydrogens (tertiary/aromatic N) is 6. The molecule has 1 fully saturated rings. The van der Waals surface area contributed by atoms with Crippen molar-refractivity contribution < 1.29 is 4.74 Å². The molecule has 2 aromatic heterocycles. The Bertz CT molecular complexity index is 1150. The minimum absolute atomic E-state index is 0.0447. The number of methoxy groups -OCH3 is 1. The summed E-state index contributed by atoms with van der Waals surface area (Å²) < 4.78 is 8.18. The zero-order valence-electron chi connectivity index (χ0n) is 17.3. The van der Waals surface area contributed by atoms with E-state index in [9.17, 15) is 9.59 Å². The number of ether oxygens (including phenoxy) is 1. The molecule has 0 N–H and O–H groups in total. The van der Waals surface area contributed by atoms with E-state index < -0.39 is 0 Å². The number of rotatable bonds is 6. The molecule has 0 spiro atoms. The van der Waals surface area contributed by atoms with Gasteiger partial charge in [-0.2, -0.15) is 0 Å². The van der Waals surface area contributed by atoms with Crippen molar-refractivity contribution in [3.05, 3.63) is 63.3 Å². The number of hydrogen-bond acceptors (Lipinski definition) is 7. The van der Waals surface area contributed by atoms with Gasteiger partial charge in [0.25, 0.3) is 11.1 Å². The topological polar surface area (TPSA) is 85.5 Å². The molecular weight excluding hydrogens is 384 g/mol. The third-order valence-electron chi connectivity index (χ3n) is 5.54. The van der Waals surface area contributed by atoms with E-state index in [1.54, 1.807) is 42.0 Å². The summed E-state index contributed by atoms with van der Waals surface area (Å²) in [6.07, 6.45) is 4.92. The minimum Gasteiger partial charge on any atom is -0.383 e. The highest BCUT2D eigenvalue weighted by Gasteiger charge is 2.19.